The summed E-state index contributed by atoms with van der Waals surface area (Å²) in [5.41, 5.74) is 2.36. The Morgan fingerprint density at radius 2 is 2.06 bits per heavy atom. The number of hydrogen-bond donors (Lipinski definition) is 1. The highest BCUT2D eigenvalue weighted by Gasteiger charge is 2.50. The van der Waals surface area contributed by atoms with Crippen LogP contribution in [-0.4, -0.2) is 49.7 Å². The number of anilines is 2. The number of rotatable bonds is 6. The van der Waals surface area contributed by atoms with Gasteiger partial charge in [-0.05, 0) is 36.8 Å². The molecule has 3 heterocycles. The normalized spacial score (nSPS) is 22.6. The van der Waals surface area contributed by atoms with Crippen LogP contribution in [0.25, 0.3) is 16.1 Å². The molecule has 1 saturated heterocycles. The standard InChI is InChI=1S/C26H23N9O/c1-29-22-12-26(13-22,8-9-27)35-17-20(15-31-35)23-6-10-30-25(33-23)32-21-4-2-19(3-5-21)24(36)34-11-7-18(14-28)16-34/h2-6,10,15,17-18,22H,7-8,11-13,16H2,(H,30,32,33)/t18-,22?,26?/m0/s1. The molecule has 2 aromatic heterocycles. The van der Waals surface area contributed by atoms with Crippen LogP contribution < -0.4 is 5.32 Å². The van der Waals surface area contributed by atoms with Gasteiger partial charge in [0.05, 0.1) is 41.9 Å². The van der Waals surface area contributed by atoms with E-state index in [-0.39, 0.29) is 17.9 Å². The molecule has 0 bridgehead atoms. The van der Waals surface area contributed by atoms with Gasteiger partial charge in [-0.2, -0.15) is 15.6 Å². The van der Waals surface area contributed by atoms with Crippen molar-refractivity contribution < 1.29 is 4.79 Å². The van der Waals surface area contributed by atoms with Gasteiger partial charge in [-0.1, -0.05) is 0 Å². The molecule has 2 fully saturated rings. The number of nitriles is 2. The van der Waals surface area contributed by atoms with Crippen molar-refractivity contribution in [3.05, 3.63) is 65.9 Å². The van der Waals surface area contributed by atoms with Gasteiger partial charge in [0.25, 0.3) is 5.91 Å². The molecule has 0 unspecified atom stereocenters. The first-order chi connectivity index (χ1) is 17.5. The van der Waals surface area contributed by atoms with Crippen LogP contribution in [0.4, 0.5) is 11.6 Å². The molecule has 1 saturated carbocycles. The Balaban J connectivity index is 1.27. The van der Waals surface area contributed by atoms with E-state index in [1.807, 2.05) is 6.20 Å². The van der Waals surface area contributed by atoms with Gasteiger partial charge in [0, 0.05) is 55.1 Å². The predicted octanol–water partition coefficient (Wildman–Crippen LogP) is 3.76. The van der Waals surface area contributed by atoms with Crippen molar-refractivity contribution >= 4 is 17.5 Å². The lowest BCUT2D eigenvalue weighted by Crippen LogP contribution is -2.48. The van der Waals surface area contributed by atoms with Crippen LogP contribution in [0.15, 0.2) is 48.9 Å². The van der Waals surface area contributed by atoms with Gasteiger partial charge >= 0.3 is 0 Å². The van der Waals surface area contributed by atoms with Crippen molar-refractivity contribution in [2.75, 3.05) is 18.4 Å². The minimum atomic E-state index is -0.430. The van der Waals surface area contributed by atoms with Crippen LogP contribution in [-0.2, 0) is 5.54 Å². The Morgan fingerprint density at radius 3 is 2.75 bits per heavy atom. The first-order valence-corrected chi connectivity index (χ1v) is 11.7. The maximum Gasteiger partial charge on any atom is 0.253 e. The zero-order chi connectivity index (χ0) is 25.1. The number of carbonyl (C=O) groups excluding carboxylic acids is 1. The van der Waals surface area contributed by atoms with E-state index < -0.39 is 5.54 Å². The van der Waals surface area contributed by atoms with E-state index >= 15 is 0 Å². The molecule has 1 N–H and O–H groups in total. The van der Waals surface area contributed by atoms with Crippen LogP contribution in [0.3, 0.4) is 0 Å². The van der Waals surface area contributed by atoms with E-state index in [0.717, 1.165) is 17.7 Å². The third-order valence-electron chi connectivity index (χ3n) is 6.89. The van der Waals surface area contributed by atoms with Crippen LogP contribution >= 0.6 is 0 Å². The van der Waals surface area contributed by atoms with E-state index in [9.17, 15) is 10.1 Å². The SMILES string of the molecule is [C-]#[N+]C1CC(CC#N)(n2cc(-c3ccnc(Nc4ccc(C(=O)N5CC[C@@H](C#N)C5)cc4)n3)cn2)C1. The lowest BCUT2D eigenvalue weighted by molar-refractivity contribution is 0.0790. The van der Waals surface area contributed by atoms with Crippen LogP contribution in [0.2, 0.25) is 0 Å². The summed E-state index contributed by atoms with van der Waals surface area (Å²) in [4.78, 5) is 26.9. The molecule has 1 atom stereocenters. The fraction of sp³-hybridized carbons (Fsp3) is 0.346. The summed E-state index contributed by atoms with van der Waals surface area (Å²) in [6.45, 7) is 8.31. The number of aromatic nitrogens is 4. The van der Waals surface area contributed by atoms with E-state index in [0.29, 0.717) is 49.6 Å². The minimum absolute atomic E-state index is 0.0626. The van der Waals surface area contributed by atoms with Gasteiger partial charge in [0.2, 0.25) is 12.0 Å². The highest BCUT2D eigenvalue weighted by atomic mass is 16.2. The van der Waals surface area contributed by atoms with E-state index in [1.165, 1.54) is 0 Å². The average Bonchev–Trinajstić information content (AvgIpc) is 3.57. The van der Waals surface area contributed by atoms with Crippen molar-refractivity contribution in [2.24, 2.45) is 5.92 Å². The molecule has 1 aromatic carbocycles. The van der Waals surface area contributed by atoms with Crippen molar-refractivity contribution in [1.82, 2.24) is 24.6 Å². The maximum atomic E-state index is 12.7. The predicted molar refractivity (Wildman–Crippen MR) is 130 cm³/mol. The van der Waals surface area contributed by atoms with Gasteiger partial charge in [0.15, 0.2) is 0 Å². The number of nitrogens with zero attached hydrogens (tertiary/aromatic N) is 8. The molecule has 2 aliphatic rings. The fourth-order valence-electron chi connectivity index (χ4n) is 4.82. The molecule has 5 rings (SSSR count). The van der Waals surface area contributed by atoms with Gasteiger partial charge in [-0.25, -0.2) is 16.5 Å². The Bertz CT molecular complexity index is 1400. The molecule has 3 aromatic rings. The topological polar surface area (TPSA) is 128 Å². The largest absolute Gasteiger partial charge is 0.337 e. The zero-order valence-electron chi connectivity index (χ0n) is 19.5. The van der Waals surface area contributed by atoms with Gasteiger partial charge in [0.1, 0.15) is 0 Å². The van der Waals surface area contributed by atoms with Crippen molar-refractivity contribution in [2.45, 2.75) is 37.3 Å². The Labute approximate surface area is 208 Å². The number of amides is 1. The second-order valence-electron chi connectivity index (χ2n) is 9.26. The van der Waals surface area contributed by atoms with Gasteiger partial charge < -0.3 is 15.1 Å². The third-order valence-corrected chi connectivity index (χ3v) is 6.89. The summed E-state index contributed by atoms with van der Waals surface area (Å²) in [6, 6.07) is 13.3. The molecule has 36 heavy (non-hydrogen) atoms. The Kier molecular flexibility index (Phi) is 6.06. The maximum absolute atomic E-state index is 12.7. The number of benzene rings is 1. The summed E-state index contributed by atoms with van der Waals surface area (Å²) in [5, 5.41) is 26.0. The molecule has 1 amide bonds. The first-order valence-electron chi connectivity index (χ1n) is 11.7. The van der Waals surface area contributed by atoms with Crippen LogP contribution in [0.1, 0.15) is 36.0 Å². The molecular weight excluding hydrogens is 454 g/mol. The second kappa shape index (κ2) is 9.48. The van der Waals surface area contributed by atoms with Crippen molar-refractivity contribution in [1.29, 1.82) is 10.5 Å². The summed E-state index contributed by atoms with van der Waals surface area (Å²) in [6.07, 6.45) is 7.52. The van der Waals surface area contributed by atoms with E-state index in [4.69, 9.17) is 11.8 Å². The Hall–Kier alpha value is -4.75. The Morgan fingerprint density at radius 1 is 1.25 bits per heavy atom. The molecule has 10 nitrogen and oxygen atoms in total. The fourth-order valence-corrected chi connectivity index (χ4v) is 4.82. The van der Waals surface area contributed by atoms with Gasteiger partial charge in [-0.3, -0.25) is 9.48 Å². The summed E-state index contributed by atoms with van der Waals surface area (Å²) in [7, 11) is 0. The van der Waals surface area contributed by atoms with Crippen LogP contribution in [0.5, 0.6) is 0 Å². The highest BCUT2D eigenvalue weighted by molar-refractivity contribution is 5.94. The zero-order valence-corrected chi connectivity index (χ0v) is 19.5. The quantitative estimate of drug-likeness (QED) is 0.535. The number of carbonyl (C=O) groups is 1. The second-order valence-corrected chi connectivity index (χ2v) is 9.26. The highest BCUT2D eigenvalue weighted by Crippen LogP contribution is 2.44. The number of hydrogen-bond acceptors (Lipinski definition) is 7. The lowest BCUT2D eigenvalue weighted by Gasteiger charge is -2.40. The van der Waals surface area contributed by atoms with Crippen molar-refractivity contribution in [3.63, 3.8) is 0 Å². The molecule has 1 aliphatic carbocycles. The molecule has 178 valence electrons. The van der Waals surface area contributed by atoms with Gasteiger partial charge in [-0.15, -0.1) is 0 Å². The first kappa shape index (κ1) is 23.0. The summed E-state index contributed by atoms with van der Waals surface area (Å²) < 4.78 is 1.80. The molecule has 10 heteroatoms. The summed E-state index contributed by atoms with van der Waals surface area (Å²) >= 11 is 0. The summed E-state index contributed by atoms with van der Waals surface area (Å²) in [5.74, 6) is 0.241. The third kappa shape index (κ3) is 4.35. The lowest BCUT2D eigenvalue weighted by atomic mass is 9.71. The molecular formula is C26H23N9O. The number of likely N-dealkylation sites (tertiary alicyclic amines) is 1. The molecule has 0 radical (unpaired) electrons. The number of nitrogens with one attached hydrogen (secondary N) is 1. The van der Waals surface area contributed by atoms with E-state index in [2.05, 4.69) is 37.4 Å². The smallest absolute Gasteiger partial charge is 0.253 e. The minimum Gasteiger partial charge on any atom is -0.337 e. The monoisotopic (exact) mass is 477 g/mol. The van der Waals surface area contributed by atoms with Crippen LogP contribution in [0, 0.1) is 35.2 Å². The van der Waals surface area contributed by atoms with E-state index in [1.54, 1.807) is 52.3 Å². The molecule has 0 spiro atoms. The van der Waals surface area contributed by atoms with Crippen molar-refractivity contribution in [3.8, 4) is 23.4 Å². The average molecular weight is 478 g/mol. The molecule has 1 aliphatic heterocycles.